The van der Waals surface area contributed by atoms with Crippen LogP contribution in [0.3, 0.4) is 0 Å². The van der Waals surface area contributed by atoms with Gasteiger partial charge in [0.05, 0.1) is 11.8 Å². The standard InChI is InChI=1S/C13H13N9O/c14-11-2-1-8(3-16-11)10-6-22(21-20-10)7-12-17-4-9(5-18-12)13(23)19-15/h1-6H,7,15H2,(H2,14,16)(H,19,23). The Labute approximate surface area is 130 Å². The number of hydrogen-bond acceptors (Lipinski definition) is 8. The number of nitrogens with two attached hydrogens (primary N) is 2. The van der Waals surface area contributed by atoms with E-state index in [1.165, 1.54) is 12.4 Å². The average molecular weight is 311 g/mol. The number of carbonyl (C=O) groups is 1. The van der Waals surface area contributed by atoms with Crippen LogP contribution in [-0.2, 0) is 6.54 Å². The van der Waals surface area contributed by atoms with E-state index in [2.05, 4.69) is 25.3 Å². The van der Waals surface area contributed by atoms with Crippen molar-refractivity contribution in [3.63, 3.8) is 0 Å². The molecule has 0 spiro atoms. The van der Waals surface area contributed by atoms with Crippen molar-refractivity contribution in [2.75, 3.05) is 5.73 Å². The molecule has 3 rings (SSSR count). The van der Waals surface area contributed by atoms with Gasteiger partial charge < -0.3 is 5.73 Å². The second-order valence-electron chi connectivity index (χ2n) is 4.63. The number of nitrogens with zero attached hydrogens (tertiary/aromatic N) is 6. The van der Waals surface area contributed by atoms with Gasteiger partial charge in [-0.05, 0) is 12.1 Å². The second-order valence-corrected chi connectivity index (χ2v) is 4.63. The number of rotatable bonds is 4. The van der Waals surface area contributed by atoms with Crippen molar-refractivity contribution in [3.8, 4) is 11.3 Å². The molecule has 0 bridgehead atoms. The zero-order valence-corrected chi connectivity index (χ0v) is 11.9. The molecule has 0 saturated carbocycles. The van der Waals surface area contributed by atoms with Crippen molar-refractivity contribution >= 4 is 11.7 Å². The maximum absolute atomic E-state index is 11.3. The van der Waals surface area contributed by atoms with Gasteiger partial charge in [-0.3, -0.25) is 10.2 Å². The largest absolute Gasteiger partial charge is 0.384 e. The van der Waals surface area contributed by atoms with E-state index in [9.17, 15) is 4.79 Å². The molecule has 0 aromatic carbocycles. The molecule has 0 aliphatic heterocycles. The van der Waals surface area contributed by atoms with Gasteiger partial charge in [-0.25, -0.2) is 25.5 Å². The van der Waals surface area contributed by atoms with E-state index < -0.39 is 5.91 Å². The molecular formula is C13H13N9O. The van der Waals surface area contributed by atoms with Gasteiger partial charge in [0.25, 0.3) is 5.91 Å². The lowest BCUT2D eigenvalue weighted by Gasteiger charge is -2.01. The van der Waals surface area contributed by atoms with Crippen molar-refractivity contribution in [1.82, 2.24) is 35.4 Å². The van der Waals surface area contributed by atoms with Crippen molar-refractivity contribution < 1.29 is 4.79 Å². The Hall–Kier alpha value is -3.40. The van der Waals surface area contributed by atoms with Crippen LogP contribution in [0.4, 0.5) is 5.82 Å². The Bertz CT molecular complexity index is 810. The highest BCUT2D eigenvalue weighted by Crippen LogP contribution is 2.15. The van der Waals surface area contributed by atoms with E-state index in [-0.39, 0.29) is 5.56 Å². The zero-order valence-electron chi connectivity index (χ0n) is 11.9. The Morgan fingerprint density at radius 3 is 2.61 bits per heavy atom. The Morgan fingerprint density at radius 2 is 1.96 bits per heavy atom. The van der Waals surface area contributed by atoms with E-state index in [1.54, 1.807) is 23.1 Å². The van der Waals surface area contributed by atoms with Crippen LogP contribution in [0.1, 0.15) is 16.2 Å². The summed E-state index contributed by atoms with van der Waals surface area (Å²) in [7, 11) is 0. The monoisotopic (exact) mass is 311 g/mol. The lowest BCUT2D eigenvalue weighted by molar-refractivity contribution is 0.0953. The Balaban J connectivity index is 1.74. The number of nitrogens with one attached hydrogen (secondary N) is 1. The highest BCUT2D eigenvalue weighted by Gasteiger charge is 2.08. The van der Waals surface area contributed by atoms with E-state index in [1.807, 2.05) is 11.5 Å². The molecule has 0 fully saturated rings. The van der Waals surface area contributed by atoms with Crippen molar-refractivity contribution in [3.05, 3.63) is 48.3 Å². The first-order valence-corrected chi connectivity index (χ1v) is 6.59. The molecular weight excluding hydrogens is 298 g/mol. The Morgan fingerprint density at radius 1 is 1.17 bits per heavy atom. The smallest absolute Gasteiger partial charge is 0.268 e. The molecule has 0 unspecified atom stereocenters. The number of anilines is 1. The van der Waals surface area contributed by atoms with Gasteiger partial charge in [0, 0.05) is 24.2 Å². The maximum Gasteiger partial charge on any atom is 0.268 e. The van der Waals surface area contributed by atoms with Crippen molar-refractivity contribution in [1.29, 1.82) is 0 Å². The third kappa shape index (κ3) is 3.27. The van der Waals surface area contributed by atoms with Crippen molar-refractivity contribution in [2.24, 2.45) is 5.84 Å². The molecule has 1 amide bonds. The summed E-state index contributed by atoms with van der Waals surface area (Å²) in [5, 5.41) is 8.08. The molecule has 23 heavy (non-hydrogen) atoms. The minimum Gasteiger partial charge on any atom is -0.384 e. The van der Waals surface area contributed by atoms with Gasteiger partial charge in [0.15, 0.2) is 0 Å². The molecule has 0 aliphatic carbocycles. The summed E-state index contributed by atoms with van der Waals surface area (Å²) in [6.07, 6.45) is 6.16. The van der Waals surface area contributed by atoms with E-state index >= 15 is 0 Å². The molecule has 10 heteroatoms. The number of aromatic nitrogens is 6. The van der Waals surface area contributed by atoms with E-state index in [0.717, 1.165) is 5.56 Å². The summed E-state index contributed by atoms with van der Waals surface area (Å²) >= 11 is 0. The first-order chi connectivity index (χ1) is 11.2. The number of hydrogen-bond donors (Lipinski definition) is 3. The number of nitrogen functional groups attached to an aromatic ring is 2. The molecule has 0 aliphatic rings. The number of carbonyl (C=O) groups excluding carboxylic acids is 1. The number of hydrazine groups is 1. The SMILES string of the molecule is NNC(=O)c1cnc(Cn2cc(-c3ccc(N)nc3)nn2)nc1. The fourth-order valence-electron chi connectivity index (χ4n) is 1.85. The predicted molar refractivity (Wildman–Crippen MR) is 80.5 cm³/mol. The first-order valence-electron chi connectivity index (χ1n) is 6.59. The topological polar surface area (TPSA) is 151 Å². The zero-order chi connectivity index (χ0) is 16.2. The molecule has 116 valence electrons. The Kier molecular flexibility index (Phi) is 3.89. The fraction of sp³-hybridized carbons (Fsp3) is 0.0769. The molecule has 0 atom stereocenters. The molecule has 10 nitrogen and oxygen atoms in total. The van der Waals surface area contributed by atoms with Crippen molar-refractivity contribution in [2.45, 2.75) is 6.54 Å². The summed E-state index contributed by atoms with van der Waals surface area (Å²) in [6.45, 7) is 0.319. The lowest BCUT2D eigenvalue weighted by atomic mass is 10.2. The van der Waals surface area contributed by atoms with Crippen LogP contribution in [0.5, 0.6) is 0 Å². The van der Waals surface area contributed by atoms with Crippen LogP contribution < -0.4 is 17.0 Å². The summed E-state index contributed by atoms with van der Waals surface area (Å²) in [5.41, 5.74) is 9.32. The molecule has 3 aromatic heterocycles. The number of pyridine rings is 1. The third-order valence-electron chi connectivity index (χ3n) is 3.02. The fourth-order valence-corrected chi connectivity index (χ4v) is 1.85. The average Bonchev–Trinajstić information content (AvgIpc) is 3.04. The van der Waals surface area contributed by atoms with Crippen LogP contribution in [0.15, 0.2) is 36.9 Å². The molecule has 0 saturated heterocycles. The van der Waals surface area contributed by atoms with Crippen LogP contribution >= 0.6 is 0 Å². The van der Waals surface area contributed by atoms with E-state index in [0.29, 0.717) is 23.9 Å². The van der Waals surface area contributed by atoms with Gasteiger partial charge in [0.2, 0.25) is 0 Å². The summed E-state index contributed by atoms with van der Waals surface area (Å²) in [6, 6.07) is 3.51. The van der Waals surface area contributed by atoms with Crippen LogP contribution in [0.2, 0.25) is 0 Å². The normalized spacial score (nSPS) is 10.5. The van der Waals surface area contributed by atoms with Gasteiger partial charge in [-0.1, -0.05) is 5.21 Å². The first kappa shape index (κ1) is 14.5. The lowest BCUT2D eigenvalue weighted by Crippen LogP contribution is -2.30. The summed E-state index contributed by atoms with van der Waals surface area (Å²) < 4.78 is 1.59. The van der Waals surface area contributed by atoms with Crippen LogP contribution in [0, 0.1) is 0 Å². The molecule has 3 heterocycles. The molecule has 3 aromatic rings. The van der Waals surface area contributed by atoms with Gasteiger partial charge in [-0.15, -0.1) is 5.10 Å². The predicted octanol–water partition coefficient (Wildman–Crippen LogP) is -0.636. The summed E-state index contributed by atoms with van der Waals surface area (Å²) in [4.78, 5) is 23.5. The summed E-state index contributed by atoms with van der Waals surface area (Å²) in [5.74, 6) is 5.53. The maximum atomic E-state index is 11.3. The van der Waals surface area contributed by atoms with Gasteiger partial charge in [0.1, 0.15) is 23.9 Å². The van der Waals surface area contributed by atoms with Crippen LogP contribution in [-0.4, -0.2) is 35.9 Å². The minimum absolute atomic E-state index is 0.281. The minimum atomic E-state index is -0.449. The van der Waals surface area contributed by atoms with E-state index in [4.69, 9.17) is 11.6 Å². The number of amides is 1. The molecule has 0 radical (unpaired) electrons. The van der Waals surface area contributed by atoms with Gasteiger partial charge >= 0.3 is 0 Å². The van der Waals surface area contributed by atoms with Crippen LogP contribution in [0.25, 0.3) is 11.3 Å². The van der Waals surface area contributed by atoms with Gasteiger partial charge in [-0.2, -0.15) is 0 Å². The molecule has 5 N–H and O–H groups in total. The third-order valence-corrected chi connectivity index (χ3v) is 3.02. The highest BCUT2D eigenvalue weighted by atomic mass is 16.2. The quantitative estimate of drug-likeness (QED) is 0.327. The highest BCUT2D eigenvalue weighted by molar-refractivity contribution is 5.93. The second kappa shape index (κ2) is 6.15.